The second-order valence-corrected chi connectivity index (χ2v) is 5.82. The molecule has 5 nitrogen and oxygen atoms in total. The number of benzene rings is 1. The molecule has 1 saturated carbocycles. The Kier molecular flexibility index (Phi) is 3.58. The van der Waals surface area contributed by atoms with Gasteiger partial charge in [-0.2, -0.15) is 0 Å². The van der Waals surface area contributed by atoms with E-state index in [0.717, 1.165) is 12.8 Å². The number of fused-ring (bicyclic) bond motifs is 1. The summed E-state index contributed by atoms with van der Waals surface area (Å²) < 4.78 is 5.67. The Morgan fingerprint density at radius 1 is 1.50 bits per heavy atom. The van der Waals surface area contributed by atoms with Crippen molar-refractivity contribution in [1.82, 2.24) is 5.32 Å². The Morgan fingerprint density at radius 2 is 2.30 bits per heavy atom. The van der Waals surface area contributed by atoms with E-state index in [0.29, 0.717) is 17.5 Å². The summed E-state index contributed by atoms with van der Waals surface area (Å²) in [6.07, 6.45) is 2.05. The lowest BCUT2D eigenvalue weighted by Gasteiger charge is -2.52. The zero-order valence-electron chi connectivity index (χ0n) is 10.9. The van der Waals surface area contributed by atoms with E-state index in [9.17, 15) is 9.90 Å². The molecule has 2 fully saturated rings. The van der Waals surface area contributed by atoms with E-state index in [4.69, 9.17) is 22.1 Å². The van der Waals surface area contributed by atoms with Gasteiger partial charge >= 0.3 is 0 Å². The first-order valence-corrected chi connectivity index (χ1v) is 7.12. The molecular formula is C14H17ClN2O3. The predicted molar refractivity (Wildman–Crippen MR) is 74.8 cm³/mol. The van der Waals surface area contributed by atoms with E-state index in [-0.39, 0.29) is 35.4 Å². The minimum atomic E-state index is -0.377. The third-order valence-electron chi connectivity index (χ3n) is 4.18. The summed E-state index contributed by atoms with van der Waals surface area (Å²) in [6.45, 7) is 0.711. The Morgan fingerprint density at radius 3 is 3.10 bits per heavy atom. The Bertz CT molecular complexity index is 537. The molecule has 6 heteroatoms. The smallest absolute Gasteiger partial charge is 0.255 e. The SMILES string of the molecule is NC1C2CCCOC2C1NC(=O)c1cc(Cl)ccc1O. The monoisotopic (exact) mass is 296 g/mol. The highest BCUT2D eigenvalue weighted by Gasteiger charge is 2.51. The number of phenolic OH excluding ortho intramolecular Hbond substituents is 1. The summed E-state index contributed by atoms with van der Waals surface area (Å²) in [5.41, 5.74) is 6.24. The van der Waals surface area contributed by atoms with Crippen LogP contribution in [0, 0.1) is 5.92 Å². The topological polar surface area (TPSA) is 84.6 Å². The van der Waals surface area contributed by atoms with Crippen molar-refractivity contribution >= 4 is 17.5 Å². The maximum Gasteiger partial charge on any atom is 0.255 e. The molecule has 1 heterocycles. The van der Waals surface area contributed by atoms with Gasteiger partial charge in [-0.3, -0.25) is 4.79 Å². The first kappa shape index (κ1) is 13.7. The number of halogens is 1. The van der Waals surface area contributed by atoms with E-state index >= 15 is 0 Å². The molecule has 1 aliphatic heterocycles. The number of nitrogens with two attached hydrogens (primary N) is 1. The normalized spacial score (nSPS) is 32.1. The van der Waals surface area contributed by atoms with Crippen LogP contribution in [-0.4, -0.2) is 35.8 Å². The third-order valence-corrected chi connectivity index (χ3v) is 4.41. The molecule has 0 radical (unpaired) electrons. The molecule has 0 spiro atoms. The number of carbonyl (C=O) groups excluding carboxylic acids is 1. The van der Waals surface area contributed by atoms with Gasteiger partial charge < -0.3 is 20.9 Å². The maximum absolute atomic E-state index is 12.2. The minimum absolute atomic E-state index is 0.0102. The lowest BCUT2D eigenvalue weighted by atomic mass is 9.68. The van der Waals surface area contributed by atoms with Crippen molar-refractivity contribution in [2.45, 2.75) is 31.0 Å². The molecule has 0 aromatic heterocycles. The predicted octanol–water partition coefficient (Wildman–Crippen LogP) is 1.28. The first-order valence-electron chi connectivity index (χ1n) is 6.74. The number of rotatable bonds is 2. The van der Waals surface area contributed by atoms with Gasteiger partial charge in [-0.05, 0) is 31.0 Å². The third kappa shape index (κ3) is 2.26. The van der Waals surface area contributed by atoms with Crippen LogP contribution < -0.4 is 11.1 Å². The number of aromatic hydroxyl groups is 1. The average molecular weight is 297 g/mol. The van der Waals surface area contributed by atoms with Crippen LogP contribution in [-0.2, 0) is 4.74 Å². The highest BCUT2D eigenvalue weighted by atomic mass is 35.5. The fourth-order valence-electron chi connectivity index (χ4n) is 3.05. The van der Waals surface area contributed by atoms with Gasteiger partial charge in [0.15, 0.2) is 0 Å². The largest absolute Gasteiger partial charge is 0.507 e. The standard InChI is InChI=1S/C14H17ClN2O3/c15-7-3-4-10(18)9(6-7)14(19)17-12-11(16)8-2-1-5-20-13(8)12/h3-4,6,8,11-13,18H,1-2,5,16H2,(H,17,19). The zero-order valence-corrected chi connectivity index (χ0v) is 11.6. The van der Waals surface area contributed by atoms with Crippen LogP contribution in [0.1, 0.15) is 23.2 Å². The van der Waals surface area contributed by atoms with Crippen molar-refractivity contribution in [3.05, 3.63) is 28.8 Å². The summed E-state index contributed by atoms with van der Waals surface area (Å²) in [4.78, 5) is 12.2. The molecule has 0 bridgehead atoms. The van der Waals surface area contributed by atoms with Crippen LogP contribution in [0.5, 0.6) is 5.75 Å². The molecule has 1 aliphatic carbocycles. The number of hydrogen-bond donors (Lipinski definition) is 3. The summed E-state index contributed by atoms with van der Waals surface area (Å²) in [6, 6.07) is 4.08. The molecule has 4 N–H and O–H groups in total. The molecule has 4 atom stereocenters. The van der Waals surface area contributed by atoms with E-state index in [1.165, 1.54) is 18.2 Å². The fraction of sp³-hybridized carbons (Fsp3) is 0.500. The molecule has 3 rings (SSSR count). The molecule has 1 aromatic rings. The fourth-order valence-corrected chi connectivity index (χ4v) is 3.22. The number of phenols is 1. The van der Waals surface area contributed by atoms with Gasteiger partial charge in [0.25, 0.3) is 5.91 Å². The Labute approximate surface area is 122 Å². The molecule has 1 amide bonds. The molecular weight excluding hydrogens is 280 g/mol. The van der Waals surface area contributed by atoms with Gasteiger partial charge in [0, 0.05) is 23.6 Å². The Balaban J connectivity index is 1.71. The molecule has 20 heavy (non-hydrogen) atoms. The second kappa shape index (κ2) is 5.24. The summed E-state index contributed by atoms with van der Waals surface area (Å²) in [5.74, 6) is -0.152. The van der Waals surface area contributed by atoms with Crippen LogP contribution in [0.4, 0.5) is 0 Å². The molecule has 1 saturated heterocycles. The minimum Gasteiger partial charge on any atom is -0.507 e. The van der Waals surface area contributed by atoms with Crippen molar-refractivity contribution in [1.29, 1.82) is 0 Å². The highest BCUT2D eigenvalue weighted by Crippen LogP contribution is 2.37. The van der Waals surface area contributed by atoms with Crippen LogP contribution in [0.15, 0.2) is 18.2 Å². The van der Waals surface area contributed by atoms with E-state index in [1.54, 1.807) is 0 Å². The van der Waals surface area contributed by atoms with Crippen molar-refractivity contribution in [3.8, 4) is 5.75 Å². The number of amides is 1. The van der Waals surface area contributed by atoms with Crippen LogP contribution in [0.2, 0.25) is 5.02 Å². The second-order valence-electron chi connectivity index (χ2n) is 5.38. The number of hydrogen-bond acceptors (Lipinski definition) is 4. The van der Waals surface area contributed by atoms with Gasteiger partial charge in [-0.1, -0.05) is 11.6 Å². The van der Waals surface area contributed by atoms with Gasteiger partial charge in [-0.25, -0.2) is 0 Å². The highest BCUT2D eigenvalue weighted by molar-refractivity contribution is 6.31. The van der Waals surface area contributed by atoms with E-state index < -0.39 is 0 Å². The van der Waals surface area contributed by atoms with Gasteiger partial charge in [-0.15, -0.1) is 0 Å². The Hall–Kier alpha value is -1.30. The zero-order chi connectivity index (χ0) is 14.3. The van der Waals surface area contributed by atoms with Gasteiger partial charge in [0.2, 0.25) is 0 Å². The molecule has 1 aromatic carbocycles. The molecule has 2 aliphatic rings. The van der Waals surface area contributed by atoms with Crippen molar-refractivity contribution in [2.24, 2.45) is 11.7 Å². The molecule has 108 valence electrons. The lowest BCUT2D eigenvalue weighted by Crippen LogP contribution is -2.72. The van der Waals surface area contributed by atoms with Gasteiger partial charge in [0.05, 0.1) is 17.7 Å². The van der Waals surface area contributed by atoms with E-state index in [2.05, 4.69) is 5.32 Å². The van der Waals surface area contributed by atoms with E-state index in [1.807, 2.05) is 0 Å². The molecule has 4 unspecified atom stereocenters. The number of carbonyl (C=O) groups is 1. The maximum atomic E-state index is 12.2. The number of ether oxygens (including phenoxy) is 1. The van der Waals surface area contributed by atoms with Crippen LogP contribution >= 0.6 is 11.6 Å². The average Bonchev–Trinajstić information content (AvgIpc) is 2.46. The summed E-state index contributed by atoms with van der Waals surface area (Å²) >= 11 is 5.84. The van der Waals surface area contributed by atoms with Crippen molar-refractivity contribution in [2.75, 3.05) is 6.61 Å². The van der Waals surface area contributed by atoms with Crippen molar-refractivity contribution < 1.29 is 14.6 Å². The lowest BCUT2D eigenvalue weighted by molar-refractivity contribution is -0.117. The first-order chi connectivity index (χ1) is 9.58. The van der Waals surface area contributed by atoms with Crippen LogP contribution in [0.25, 0.3) is 0 Å². The van der Waals surface area contributed by atoms with Crippen LogP contribution in [0.3, 0.4) is 0 Å². The summed E-state index contributed by atoms with van der Waals surface area (Å²) in [7, 11) is 0. The van der Waals surface area contributed by atoms with Crippen molar-refractivity contribution in [3.63, 3.8) is 0 Å². The summed E-state index contributed by atoms with van der Waals surface area (Å²) in [5, 5.41) is 13.0. The van der Waals surface area contributed by atoms with Gasteiger partial charge in [0.1, 0.15) is 5.75 Å². The number of nitrogens with one attached hydrogen (secondary N) is 1. The quantitative estimate of drug-likeness (QED) is 0.767.